The number of hydrogen-bond acceptors (Lipinski definition) is 9. The van der Waals surface area contributed by atoms with E-state index in [1.54, 1.807) is 31.3 Å². The van der Waals surface area contributed by atoms with E-state index in [-0.39, 0.29) is 12.2 Å². The van der Waals surface area contributed by atoms with Gasteiger partial charge < -0.3 is 34.7 Å². The van der Waals surface area contributed by atoms with Gasteiger partial charge in [0.05, 0.1) is 38.7 Å². The highest BCUT2D eigenvalue weighted by molar-refractivity contribution is 14.1. The molecule has 3 aromatic rings. The summed E-state index contributed by atoms with van der Waals surface area (Å²) in [6.07, 6.45) is 0.463. The Bertz CT molecular complexity index is 1600. The Morgan fingerprint density at radius 1 is 1.11 bits per heavy atom. The number of carbonyl (C=O) groups excluding carboxylic acids is 2. The van der Waals surface area contributed by atoms with Crippen LogP contribution in [-0.2, 0) is 16.1 Å². The number of rotatable bonds is 13. The molecule has 4 N–H and O–H groups in total. The van der Waals surface area contributed by atoms with Gasteiger partial charge in [-0.2, -0.15) is 5.10 Å². The molecule has 0 saturated carbocycles. The van der Waals surface area contributed by atoms with Crippen molar-refractivity contribution >= 4 is 75.0 Å². The fourth-order valence-electron chi connectivity index (χ4n) is 4.39. The van der Waals surface area contributed by atoms with Crippen LogP contribution in [0.4, 0.5) is 4.79 Å². The molecule has 11 nitrogen and oxygen atoms in total. The smallest absolute Gasteiger partial charge is 0.337 e. The topological polar surface area (TPSA) is 140 Å². The Kier molecular flexibility index (Phi) is 12.6. The Balaban J connectivity index is 1.37. The molecule has 238 valence electrons. The Labute approximate surface area is 293 Å². The van der Waals surface area contributed by atoms with E-state index in [1.807, 2.05) is 43.3 Å². The Morgan fingerprint density at radius 3 is 2.56 bits per heavy atom. The number of urea groups is 1. The maximum atomic E-state index is 12.4. The highest BCUT2D eigenvalue weighted by Gasteiger charge is 2.32. The van der Waals surface area contributed by atoms with E-state index in [0.29, 0.717) is 41.0 Å². The zero-order chi connectivity index (χ0) is 32.5. The number of nitrogens with zero attached hydrogens (tertiary/aromatic N) is 1. The zero-order valence-electron chi connectivity index (χ0n) is 24.5. The van der Waals surface area contributed by atoms with Crippen LogP contribution in [0.15, 0.2) is 71.0 Å². The average molecular weight is 861 g/mol. The third-order valence-electron chi connectivity index (χ3n) is 6.40. The zero-order valence-corrected chi connectivity index (χ0v) is 29.6. The summed E-state index contributed by atoms with van der Waals surface area (Å²) in [6.45, 7) is 4.04. The number of ether oxygens (including phenoxy) is 4. The van der Waals surface area contributed by atoms with Crippen molar-refractivity contribution < 1.29 is 33.6 Å². The Hall–Kier alpha value is -3.28. The number of aliphatic hydroxyl groups excluding tert-OH is 1. The normalized spacial score (nSPS) is 15.3. The van der Waals surface area contributed by atoms with E-state index in [2.05, 4.69) is 66.3 Å². The van der Waals surface area contributed by atoms with Crippen LogP contribution >= 0.6 is 56.8 Å². The molecule has 14 heteroatoms. The number of allylic oxidation sites excluding steroid dienone is 1. The lowest BCUT2D eigenvalue weighted by molar-refractivity contribution is -0.136. The van der Waals surface area contributed by atoms with Crippen LogP contribution in [-0.4, -0.2) is 49.9 Å². The number of hydrazone groups is 1. The van der Waals surface area contributed by atoms with Crippen LogP contribution in [0.3, 0.4) is 0 Å². The third-order valence-corrected chi connectivity index (χ3v) is 8.24. The summed E-state index contributed by atoms with van der Waals surface area (Å²) in [4.78, 5) is 24.6. The minimum atomic E-state index is -1.13. The number of aliphatic hydroxyl groups is 1. The fourth-order valence-corrected chi connectivity index (χ4v) is 6.73. The van der Waals surface area contributed by atoms with E-state index in [0.717, 1.165) is 24.0 Å². The molecule has 0 radical (unpaired) electrons. The summed E-state index contributed by atoms with van der Waals surface area (Å²) >= 11 is 10.5. The molecule has 2 atom stereocenters. The van der Waals surface area contributed by atoms with Crippen LogP contribution in [0.5, 0.6) is 17.2 Å². The first-order valence-corrected chi connectivity index (χ1v) is 16.2. The van der Waals surface area contributed by atoms with Crippen molar-refractivity contribution in [2.75, 3.05) is 20.3 Å². The number of carbonyl (C=O) groups is 2. The largest absolute Gasteiger partial charge is 0.490 e. The van der Waals surface area contributed by atoms with Crippen molar-refractivity contribution in [3.63, 3.8) is 0 Å². The number of hydrogen-bond donors (Lipinski definition) is 4. The van der Waals surface area contributed by atoms with E-state index in [9.17, 15) is 14.7 Å². The monoisotopic (exact) mass is 860 g/mol. The molecule has 0 spiro atoms. The minimum absolute atomic E-state index is 0.140. The quantitative estimate of drug-likeness (QED) is 0.0570. The highest BCUT2D eigenvalue weighted by Crippen LogP contribution is 2.35. The predicted octanol–water partition coefficient (Wildman–Crippen LogP) is 5.65. The summed E-state index contributed by atoms with van der Waals surface area (Å²) in [7, 11) is 1.28. The minimum Gasteiger partial charge on any atom is -0.490 e. The van der Waals surface area contributed by atoms with Gasteiger partial charge in [0.15, 0.2) is 17.7 Å². The molecule has 0 fully saturated rings. The molecule has 2 amide bonds. The standard InChI is InChI=1S/C31H31ClI2N4O7/c1-4-43-25-13-20(28-27(30(40)42-3)17(2)36-31(41)37-28)8-9-24(25)44-16-26(39)38-35-14-19-11-22(33)29(23(34)12-19)45-15-18-6-5-7-21(32)10-18/h5-14,26,28,38-39H,4,15-16H2,1-3H3,(H2,36,37,41)/b35-14+/t26-,28-/m0/s1. The molecule has 1 aliphatic rings. The molecule has 0 bridgehead atoms. The van der Waals surface area contributed by atoms with Gasteiger partial charge in [-0.25, -0.2) is 9.59 Å². The molecule has 1 aliphatic heterocycles. The fraction of sp³-hybridized carbons (Fsp3) is 0.258. The van der Waals surface area contributed by atoms with Gasteiger partial charge in [0.25, 0.3) is 0 Å². The van der Waals surface area contributed by atoms with Gasteiger partial charge in [0, 0.05) is 10.7 Å². The lowest BCUT2D eigenvalue weighted by Crippen LogP contribution is -2.45. The number of nitrogens with one attached hydrogen (secondary N) is 3. The number of benzene rings is 3. The number of methoxy groups -OCH3 is 1. The molecule has 0 aliphatic carbocycles. The second-order valence-electron chi connectivity index (χ2n) is 9.65. The van der Waals surface area contributed by atoms with Crippen LogP contribution in [0.2, 0.25) is 5.02 Å². The van der Waals surface area contributed by atoms with Crippen molar-refractivity contribution in [1.29, 1.82) is 0 Å². The SMILES string of the molecule is CCOc1cc([C@@H]2NC(=O)NC(C)=C2C(=O)OC)ccc1OC[C@H](O)N/N=C/c1cc(I)c(OCc2cccc(Cl)c2)c(I)c1. The van der Waals surface area contributed by atoms with Crippen LogP contribution < -0.4 is 30.3 Å². The van der Waals surface area contributed by atoms with Gasteiger partial charge in [0.1, 0.15) is 19.0 Å². The Morgan fingerprint density at radius 2 is 1.87 bits per heavy atom. The van der Waals surface area contributed by atoms with Gasteiger partial charge in [0.2, 0.25) is 0 Å². The number of amides is 2. The maximum absolute atomic E-state index is 12.4. The first-order valence-electron chi connectivity index (χ1n) is 13.7. The van der Waals surface area contributed by atoms with E-state index >= 15 is 0 Å². The predicted molar refractivity (Wildman–Crippen MR) is 187 cm³/mol. The van der Waals surface area contributed by atoms with Crippen molar-refractivity contribution in [1.82, 2.24) is 16.1 Å². The second kappa shape index (κ2) is 16.3. The lowest BCUT2D eigenvalue weighted by atomic mass is 9.95. The van der Waals surface area contributed by atoms with Gasteiger partial charge in [-0.05, 0) is 112 Å². The first-order chi connectivity index (χ1) is 21.6. The van der Waals surface area contributed by atoms with Crippen molar-refractivity contribution in [3.05, 3.63) is 94.7 Å². The van der Waals surface area contributed by atoms with Crippen molar-refractivity contribution in [2.24, 2.45) is 5.10 Å². The van der Waals surface area contributed by atoms with Crippen molar-refractivity contribution in [3.8, 4) is 17.2 Å². The van der Waals surface area contributed by atoms with Gasteiger partial charge in [-0.3, -0.25) is 5.43 Å². The molecular formula is C31H31ClI2N4O7. The molecule has 3 aromatic carbocycles. The molecule has 1 heterocycles. The first kappa shape index (κ1) is 34.6. The third kappa shape index (κ3) is 9.37. The summed E-state index contributed by atoms with van der Waals surface area (Å²) < 4.78 is 24.3. The highest BCUT2D eigenvalue weighted by atomic mass is 127. The van der Waals surface area contributed by atoms with Crippen LogP contribution in [0.25, 0.3) is 0 Å². The lowest BCUT2D eigenvalue weighted by Gasteiger charge is -2.28. The van der Waals surface area contributed by atoms with E-state index < -0.39 is 24.3 Å². The van der Waals surface area contributed by atoms with Gasteiger partial charge in [-0.1, -0.05) is 29.8 Å². The number of esters is 1. The summed E-state index contributed by atoms with van der Waals surface area (Å²) in [5, 5.41) is 20.6. The average Bonchev–Trinajstić information content (AvgIpc) is 2.99. The summed E-state index contributed by atoms with van der Waals surface area (Å²) in [5.41, 5.74) is 5.70. The molecule has 4 rings (SSSR count). The maximum Gasteiger partial charge on any atom is 0.337 e. The molecule has 0 saturated heterocycles. The molecule has 45 heavy (non-hydrogen) atoms. The molecular weight excluding hydrogens is 830 g/mol. The number of halogens is 3. The van der Waals surface area contributed by atoms with Crippen molar-refractivity contribution in [2.45, 2.75) is 32.7 Å². The van der Waals surface area contributed by atoms with E-state index in [1.165, 1.54) is 7.11 Å². The second-order valence-corrected chi connectivity index (χ2v) is 12.4. The van der Waals surface area contributed by atoms with Crippen LogP contribution in [0.1, 0.15) is 36.6 Å². The molecule has 0 unspecified atom stereocenters. The van der Waals surface area contributed by atoms with Gasteiger partial charge in [-0.15, -0.1) is 0 Å². The van der Waals surface area contributed by atoms with E-state index in [4.69, 9.17) is 30.5 Å². The van der Waals surface area contributed by atoms with Crippen LogP contribution in [0, 0.1) is 7.14 Å². The summed E-state index contributed by atoms with van der Waals surface area (Å²) in [5.74, 6) is 0.937. The summed E-state index contributed by atoms with van der Waals surface area (Å²) in [6, 6.07) is 15.2. The van der Waals surface area contributed by atoms with Gasteiger partial charge >= 0.3 is 12.0 Å². The molecule has 0 aromatic heterocycles.